The third-order valence-corrected chi connectivity index (χ3v) is 5.55. The van der Waals surface area contributed by atoms with Gasteiger partial charge in [0.25, 0.3) is 0 Å². The number of nitrogens with zero attached hydrogens (tertiary/aromatic N) is 4. The van der Waals surface area contributed by atoms with Crippen LogP contribution in [-0.4, -0.2) is 35.2 Å². The van der Waals surface area contributed by atoms with Gasteiger partial charge in [0.1, 0.15) is 19.0 Å². The highest BCUT2D eigenvalue weighted by Crippen LogP contribution is 2.40. The summed E-state index contributed by atoms with van der Waals surface area (Å²) in [7, 11) is 2.04. The molecule has 0 atom stereocenters. The molecule has 7 heteroatoms. The van der Waals surface area contributed by atoms with Crippen LogP contribution in [0.15, 0.2) is 54.2 Å². The van der Waals surface area contributed by atoms with Gasteiger partial charge in [-0.1, -0.05) is 12.1 Å². The molecule has 4 aromatic rings. The molecular weight excluding hydrogens is 372 g/mol. The Morgan fingerprint density at radius 2 is 1.96 bits per heavy atom. The van der Waals surface area contributed by atoms with Crippen LogP contribution < -0.4 is 14.4 Å². The van der Waals surface area contributed by atoms with E-state index < -0.39 is 0 Å². The molecule has 0 aliphatic carbocycles. The predicted molar refractivity (Wildman–Crippen MR) is 110 cm³/mol. The summed E-state index contributed by atoms with van der Waals surface area (Å²) in [6.45, 7) is 1.86. The minimum atomic E-state index is 0.585. The summed E-state index contributed by atoms with van der Waals surface area (Å²) in [5.74, 6) is 3.24. The average molecular weight is 390 g/mol. The van der Waals surface area contributed by atoms with Crippen LogP contribution in [0.2, 0.25) is 0 Å². The van der Waals surface area contributed by atoms with Crippen molar-refractivity contribution in [3.8, 4) is 22.9 Å². The molecule has 0 radical (unpaired) electrons. The second-order valence-electron chi connectivity index (χ2n) is 6.53. The summed E-state index contributed by atoms with van der Waals surface area (Å²) >= 11 is 1.65. The number of thiophene rings is 1. The van der Waals surface area contributed by atoms with Crippen LogP contribution >= 0.6 is 11.3 Å². The van der Waals surface area contributed by atoms with Crippen molar-refractivity contribution >= 4 is 28.1 Å². The van der Waals surface area contributed by atoms with Crippen LogP contribution in [0.25, 0.3) is 22.3 Å². The largest absolute Gasteiger partial charge is 0.485 e. The van der Waals surface area contributed by atoms with Gasteiger partial charge in [-0.25, -0.2) is 9.97 Å². The zero-order chi connectivity index (χ0) is 18.9. The number of anilines is 1. The van der Waals surface area contributed by atoms with Gasteiger partial charge in [-0.2, -0.15) is 0 Å². The molecule has 1 aliphatic heterocycles. The quantitative estimate of drug-likeness (QED) is 0.521. The summed E-state index contributed by atoms with van der Waals surface area (Å²) in [6, 6.07) is 11.9. The molecule has 140 valence electrons. The maximum atomic E-state index is 5.83. The summed E-state index contributed by atoms with van der Waals surface area (Å²) in [5.41, 5.74) is 1.80. The predicted octanol–water partition coefficient (Wildman–Crippen LogP) is 4.16. The van der Waals surface area contributed by atoms with Crippen LogP contribution in [0.4, 0.5) is 5.82 Å². The lowest BCUT2D eigenvalue weighted by molar-refractivity contribution is 0.172. The van der Waals surface area contributed by atoms with Gasteiger partial charge in [0, 0.05) is 35.8 Å². The van der Waals surface area contributed by atoms with Crippen molar-refractivity contribution in [1.29, 1.82) is 0 Å². The van der Waals surface area contributed by atoms with Crippen molar-refractivity contribution in [2.24, 2.45) is 0 Å². The first-order valence-corrected chi connectivity index (χ1v) is 9.92. The van der Waals surface area contributed by atoms with Crippen LogP contribution in [0.1, 0.15) is 4.88 Å². The molecule has 1 aromatic carbocycles. The van der Waals surface area contributed by atoms with Crippen molar-refractivity contribution < 1.29 is 9.47 Å². The average Bonchev–Trinajstić information content (AvgIpc) is 3.16. The fraction of sp³-hybridized carbons (Fsp3) is 0.190. The van der Waals surface area contributed by atoms with E-state index >= 15 is 0 Å². The Labute approximate surface area is 166 Å². The van der Waals surface area contributed by atoms with Gasteiger partial charge in [-0.15, -0.1) is 11.3 Å². The zero-order valence-electron chi connectivity index (χ0n) is 15.3. The molecule has 6 nitrogen and oxygen atoms in total. The van der Waals surface area contributed by atoms with Crippen molar-refractivity contribution in [1.82, 2.24) is 15.0 Å². The summed E-state index contributed by atoms with van der Waals surface area (Å²) in [5, 5.41) is 3.02. The first-order valence-electron chi connectivity index (χ1n) is 9.04. The fourth-order valence-corrected chi connectivity index (χ4v) is 4.25. The first-order chi connectivity index (χ1) is 13.8. The number of hydrogen-bond donors (Lipinski definition) is 0. The molecule has 5 rings (SSSR count). The van der Waals surface area contributed by atoms with E-state index in [0.29, 0.717) is 25.6 Å². The van der Waals surface area contributed by atoms with Crippen molar-refractivity contribution in [2.75, 3.05) is 25.2 Å². The lowest BCUT2D eigenvalue weighted by Crippen LogP contribution is -2.20. The Morgan fingerprint density at radius 3 is 2.86 bits per heavy atom. The standard InChI is InChI=1S/C21H18N4O2S/c1-25(12-18-19-17(13-28-18)26-9-10-27-19)21-15-6-2-3-7-16(15)23-20(24-21)14-5-4-8-22-11-14/h2-8,11,13H,9-10,12H2,1H3. The molecule has 0 saturated carbocycles. The van der Waals surface area contributed by atoms with Crippen molar-refractivity contribution in [2.45, 2.75) is 6.54 Å². The smallest absolute Gasteiger partial charge is 0.177 e. The molecular formula is C21H18N4O2S. The number of aromatic nitrogens is 3. The molecule has 0 spiro atoms. The Kier molecular flexibility index (Phi) is 4.29. The number of pyridine rings is 1. The minimum Gasteiger partial charge on any atom is -0.485 e. The normalized spacial score (nSPS) is 12.9. The van der Waals surface area contributed by atoms with Gasteiger partial charge in [0.05, 0.1) is 16.9 Å². The number of ether oxygens (including phenoxy) is 2. The third-order valence-electron chi connectivity index (χ3n) is 4.62. The second kappa shape index (κ2) is 7.09. The van der Waals surface area contributed by atoms with E-state index in [1.54, 1.807) is 23.7 Å². The third kappa shape index (κ3) is 3.03. The number of benzene rings is 1. The lowest BCUT2D eigenvalue weighted by atomic mass is 10.2. The van der Waals surface area contributed by atoms with Crippen LogP contribution in [0, 0.1) is 0 Å². The van der Waals surface area contributed by atoms with Gasteiger partial charge < -0.3 is 14.4 Å². The molecule has 0 unspecified atom stereocenters. The van der Waals surface area contributed by atoms with E-state index in [0.717, 1.165) is 38.7 Å². The molecule has 28 heavy (non-hydrogen) atoms. The number of fused-ring (bicyclic) bond motifs is 2. The molecule has 1 aliphatic rings. The highest BCUT2D eigenvalue weighted by molar-refractivity contribution is 7.10. The SMILES string of the molecule is CN(Cc1scc2c1OCCO2)c1nc(-c2cccnc2)nc2ccccc12. The summed E-state index contributed by atoms with van der Waals surface area (Å²) in [6.07, 6.45) is 3.54. The van der Waals surface area contributed by atoms with E-state index in [4.69, 9.17) is 19.4 Å². The monoisotopic (exact) mass is 390 g/mol. The van der Waals surface area contributed by atoms with E-state index in [-0.39, 0.29) is 0 Å². The van der Waals surface area contributed by atoms with Gasteiger partial charge in [0.2, 0.25) is 0 Å². The highest BCUT2D eigenvalue weighted by atomic mass is 32.1. The Balaban J connectivity index is 1.56. The molecule has 3 aromatic heterocycles. The van der Waals surface area contributed by atoms with Crippen LogP contribution in [0.3, 0.4) is 0 Å². The van der Waals surface area contributed by atoms with Gasteiger partial charge in [0.15, 0.2) is 17.3 Å². The van der Waals surface area contributed by atoms with E-state index in [2.05, 4.69) is 16.0 Å². The Morgan fingerprint density at radius 1 is 1.07 bits per heavy atom. The maximum Gasteiger partial charge on any atom is 0.177 e. The molecule has 0 fully saturated rings. The Bertz CT molecular complexity index is 1130. The molecule has 0 saturated heterocycles. The lowest BCUT2D eigenvalue weighted by Gasteiger charge is -2.22. The van der Waals surface area contributed by atoms with E-state index in [1.165, 1.54) is 0 Å². The summed E-state index contributed by atoms with van der Waals surface area (Å²) < 4.78 is 11.5. The zero-order valence-corrected chi connectivity index (χ0v) is 16.1. The summed E-state index contributed by atoms with van der Waals surface area (Å²) in [4.78, 5) is 17.1. The van der Waals surface area contributed by atoms with Gasteiger partial charge in [-0.3, -0.25) is 4.98 Å². The second-order valence-corrected chi connectivity index (χ2v) is 7.50. The number of hydrogen-bond acceptors (Lipinski definition) is 7. The van der Waals surface area contributed by atoms with Gasteiger partial charge >= 0.3 is 0 Å². The van der Waals surface area contributed by atoms with Crippen LogP contribution in [-0.2, 0) is 6.54 Å². The number of rotatable bonds is 4. The van der Waals surface area contributed by atoms with Crippen molar-refractivity contribution in [3.63, 3.8) is 0 Å². The molecule has 4 heterocycles. The van der Waals surface area contributed by atoms with Crippen LogP contribution in [0.5, 0.6) is 11.5 Å². The minimum absolute atomic E-state index is 0.585. The highest BCUT2D eigenvalue weighted by Gasteiger charge is 2.21. The van der Waals surface area contributed by atoms with Gasteiger partial charge in [-0.05, 0) is 24.3 Å². The molecule has 0 amide bonds. The fourth-order valence-electron chi connectivity index (χ4n) is 3.29. The first kappa shape index (κ1) is 16.9. The molecule has 0 N–H and O–H groups in total. The topological polar surface area (TPSA) is 60.4 Å². The maximum absolute atomic E-state index is 5.83. The van der Waals surface area contributed by atoms with E-state index in [1.807, 2.05) is 42.8 Å². The van der Waals surface area contributed by atoms with E-state index in [9.17, 15) is 0 Å². The molecule has 0 bridgehead atoms. The Hall–Kier alpha value is -3.19. The van der Waals surface area contributed by atoms with Crippen molar-refractivity contribution in [3.05, 3.63) is 59.0 Å². The number of para-hydroxylation sites is 1.